The summed E-state index contributed by atoms with van der Waals surface area (Å²) in [6.45, 7) is 3.50. The maximum Gasteiger partial charge on any atom is 0.360 e. The van der Waals surface area contributed by atoms with E-state index in [1.165, 1.54) is 5.38 Å². The molecule has 0 saturated heterocycles. The van der Waals surface area contributed by atoms with Crippen molar-refractivity contribution in [3.63, 3.8) is 0 Å². The van der Waals surface area contributed by atoms with Gasteiger partial charge >= 0.3 is 5.97 Å². The number of hydrogen-bond acceptors (Lipinski definition) is 6. The summed E-state index contributed by atoms with van der Waals surface area (Å²) in [7, 11) is 0. The zero-order chi connectivity index (χ0) is 11.4. The van der Waals surface area contributed by atoms with Gasteiger partial charge in [-0.25, -0.2) is 9.78 Å². The van der Waals surface area contributed by atoms with Gasteiger partial charge in [0, 0.05) is 5.38 Å². The van der Waals surface area contributed by atoms with E-state index >= 15 is 0 Å². The Bertz CT molecular complexity index is 386. The van der Waals surface area contributed by atoms with Crippen LogP contribution in [0.15, 0.2) is 10.5 Å². The van der Waals surface area contributed by atoms with Gasteiger partial charge in [0.25, 0.3) is 0 Å². The van der Waals surface area contributed by atoms with Crippen LogP contribution in [0.25, 0.3) is 0 Å². The van der Waals surface area contributed by atoms with Crippen molar-refractivity contribution in [2.75, 3.05) is 5.73 Å². The topological polar surface area (TPSA) is 97.8 Å². The number of carbonyl (C=O) groups is 1. The van der Waals surface area contributed by atoms with Crippen LogP contribution in [0.2, 0.25) is 0 Å². The minimum absolute atomic E-state index is 0.185. The normalized spacial score (nSPS) is 11.8. The van der Waals surface area contributed by atoms with E-state index in [0.29, 0.717) is 5.13 Å². The predicted molar refractivity (Wildman–Crippen MR) is 56.9 cm³/mol. The van der Waals surface area contributed by atoms with Crippen LogP contribution in [0.1, 0.15) is 19.5 Å². The molecular formula is C8H11N3O3S. The third-order valence-electron chi connectivity index (χ3n) is 1.32. The summed E-state index contributed by atoms with van der Waals surface area (Å²) >= 11 is 1.15. The lowest BCUT2D eigenvalue weighted by molar-refractivity contribution is -0.129. The van der Waals surface area contributed by atoms with Gasteiger partial charge < -0.3 is 15.7 Å². The first-order valence-electron chi connectivity index (χ1n) is 4.19. The van der Waals surface area contributed by atoms with Crippen LogP contribution < -0.4 is 5.73 Å². The maximum absolute atomic E-state index is 10.8. The molecule has 82 valence electrons. The number of oxime groups is 1. The Morgan fingerprint density at radius 1 is 1.73 bits per heavy atom. The molecule has 1 aromatic heterocycles. The Hall–Kier alpha value is -1.63. The number of aromatic nitrogens is 1. The van der Waals surface area contributed by atoms with Crippen molar-refractivity contribution in [1.82, 2.24) is 4.98 Å². The number of nitrogen functional groups attached to an aromatic ring is 1. The van der Waals surface area contributed by atoms with Gasteiger partial charge in [0.05, 0.1) is 0 Å². The van der Waals surface area contributed by atoms with Gasteiger partial charge in [-0.1, -0.05) is 5.16 Å². The minimum atomic E-state index is -1.19. The van der Waals surface area contributed by atoms with Crippen molar-refractivity contribution in [3.05, 3.63) is 11.1 Å². The molecule has 0 fully saturated rings. The van der Waals surface area contributed by atoms with Gasteiger partial charge in [-0.15, -0.1) is 11.3 Å². The highest BCUT2D eigenvalue weighted by molar-refractivity contribution is 7.13. The van der Waals surface area contributed by atoms with Gasteiger partial charge in [-0.05, 0) is 13.8 Å². The van der Waals surface area contributed by atoms with Crippen molar-refractivity contribution in [3.8, 4) is 0 Å². The first-order chi connectivity index (χ1) is 7.00. The number of hydrogen-bond donors (Lipinski definition) is 2. The third kappa shape index (κ3) is 3.21. The van der Waals surface area contributed by atoms with E-state index in [1.54, 1.807) is 13.8 Å². The molecule has 0 aliphatic heterocycles. The van der Waals surface area contributed by atoms with E-state index in [-0.39, 0.29) is 17.5 Å². The lowest BCUT2D eigenvalue weighted by Gasteiger charge is -2.02. The first-order valence-corrected chi connectivity index (χ1v) is 5.07. The quantitative estimate of drug-likeness (QED) is 0.591. The predicted octanol–water partition coefficient (Wildman–Crippen LogP) is 0.939. The fourth-order valence-corrected chi connectivity index (χ4v) is 1.30. The average molecular weight is 229 g/mol. The molecule has 1 aromatic rings. The second-order valence-electron chi connectivity index (χ2n) is 2.97. The number of nitrogens with two attached hydrogens (primary N) is 1. The molecule has 0 unspecified atom stereocenters. The summed E-state index contributed by atoms with van der Waals surface area (Å²) in [5.74, 6) is -1.19. The second kappa shape index (κ2) is 4.74. The van der Waals surface area contributed by atoms with Crippen LogP contribution in [0.5, 0.6) is 0 Å². The molecule has 0 amide bonds. The zero-order valence-electron chi connectivity index (χ0n) is 8.30. The van der Waals surface area contributed by atoms with Crippen molar-refractivity contribution >= 4 is 28.1 Å². The molecule has 6 nitrogen and oxygen atoms in total. The number of anilines is 1. The summed E-state index contributed by atoms with van der Waals surface area (Å²) < 4.78 is 0. The molecule has 0 aliphatic carbocycles. The Kier molecular flexibility index (Phi) is 3.62. The van der Waals surface area contributed by atoms with Crippen LogP contribution in [-0.4, -0.2) is 27.9 Å². The average Bonchev–Trinajstić information content (AvgIpc) is 2.51. The van der Waals surface area contributed by atoms with Crippen molar-refractivity contribution in [2.45, 2.75) is 20.0 Å². The monoisotopic (exact) mass is 229 g/mol. The molecular weight excluding hydrogens is 218 g/mol. The Labute approximate surface area is 90.4 Å². The molecule has 3 N–H and O–H groups in total. The van der Waals surface area contributed by atoms with E-state index in [2.05, 4.69) is 10.1 Å². The first kappa shape index (κ1) is 11.4. The smallest absolute Gasteiger partial charge is 0.360 e. The molecule has 0 aliphatic rings. The molecule has 15 heavy (non-hydrogen) atoms. The SMILES string of the molecule is CC(C)O/N=C(/C(=O)O)c1csc(N)n1. The maximum atomic E-state index is 10.8. The molecule has 0 atom stereocenters. The highest BCUT2D eigenvalue weighted by Crippen LogP contribution is 2.12. The molecule has 1 rings (SSSR count). The molecule has 0 spiro atoms. The number of rotatable bonds is 4. The van der Waals surface area contributed by atoms with Gasteiger partial charge in [0.1, 0.15) is 11.8 Å². The fourth-order valence-electron chi connectivity index (χ4n) is 0.750. The van der Waals surface area contributed by atoms with E-state index in [0.717, 1.165) is 11.3 Å². The highest BCUT2D eigenvalue weighted by Gasteiger charge is 2.17. The lowest BCUT2D eigenvalue weighted by atomic mass is 10.3. The largest absolute Gasteiger partial charge is 0.476 e. The summed E-state index contributed by atoms with van der Waals surface area (Å²) in [4.78, 5) is 19.5. The van der Waals surface area contributed by atoms with Crippen molar-refractivity contribution in [1.29, 1.82) is 0 Å². The highest BCUT2D eigenvalue weighted by atomic mass is 32.1. The van der Waals surface area contributed by atoms with Gasteiger partial charge in [0.15, 0.2) is 5.13 Å². The van der Waals surface area contributed by atoms with Crippen molar-refractivity contribution < 1.29 is 14.7 Å². The van der Waals surface area contributed by atoms with Crippen LogP contribution in [-0.2, 0) is 9.63 Å². The van der Waals surface area contributed by atoms with Crippen LogP contribution in [0.3, 0.4) is 0 Å². The molecule has 0 aromatic carbocycles. The zero-order valence-corrected chi connectivity index (χ0v) is 9.11. The molecule has 1 heterocycles. The minimum Gasteiger partial charge on any atom is -0.476 e. The van der Waals surface area contributed by atoms with Crippen molar-refractivity contribution in [2.24, 2.45) is 5.16 Å². The van der Waals surface area contributed by atoms with Crippen LogP contribution in [0, 0.1) is 0 Å². The van der Waals surface area contributed by atoms with E-state index < -0.39 is 5.97 Å². The van der Waals surface area contributed by atoms with Crippen LogP contribution >= 0.6 is 11.3 Å². The number of carboxylic acid groups (broad SMARTS) is 1. The standard InChI is InChI=1S/C8H11N3O3S/c1-4(2)14-11-6(7(12)13)5-3-15-8(9)10-5/h3-4H,1-2H3,(H2,9,10)(H,12,13)/b11-6+. The molecule has 0 saturated carbocycles. The van der Waals surface area contributed by atoms with Gasteiger partial charge in [-0.3, -0.25) is 0 Å². The Morgan fingerprint density at radius 2 is 2.40 bits per heavy atom. The lowest BCUT2D eigenvalue weighted by Crippen LogP contribution is -2.16. The van der Waals surface area contributed by atoms with Gasteiger partial charge in [-0.2, -0.15) is 0 Å². The summed E-state index contributed by atoms with van der Waals surface area (Å²) in [5.41, 5.74) is 5.37. The fraction of sp³-hybridized carbons (Fsp3) is 0.375. The Balaban J connectivity index is 2.93. The summed E-state index contributed by atoms with van der Waals surface area (Å²) in [5, 5.41) is 14.2. The number of nitrogens with zero attached hydrogens (tertiary/aromatic N) is 2. The van der Waals surface area contributed by atoms with Crippen LogP contribution in [0.4, 0.5) is 5.13 Å². The van der Waals surface area contributed by atoms with Gasteiger partial charge in [0.2, 0.25) is 5.71 Å². The summed E-state index contributed by atoms with van der Waals surface area (Å²) in [6, 6.07) is 0. The number of thiazole rings is 1. The van der Waals surface area contributed by atoms with E-state index in [9.17, 15) is 4.79 Å². The molecule has 0 radical (unpaired) electrons. The van der Waals surface area contributed by atoms with E-state index in [1.807, 2.05) is 0 Å². The van der Waals surface area contributed by atoms with E-state index in [4.69, 9.17) is 15.7 Å². The second-order valence-corrected chi connectivity index (χ2v) is 3.86. The third-order valence-corrected chi connectivity index (χ3v) is 2.00. The summed E-state index contributed by atoms with van der Waals surface area (Å²) in [6.07, 6.45) is -0.185. The molecule has 7 heteroatoms. The molecule has 0 bridgehead atoms. The Morgan fingerprint density at radius 3 is 2.80 bits per heavy atom. The number of carboxylic acids is 1. The number of aliphatic carboxylic acids is 1.